The van der Waals surface area contributed by atoms with Gasteiger partial charge in [0.15, 0.2) is 0 Å². The first-order chi connectivity index (χ1) is 33.2. The molecule has 0 aromatic heterocycles. The van der Waals surface area contributed by atoms with Gasteiger partial charge in [-0.1, -0.05) is 196 Å². The number of rotatable bonds is 6. The smallest absolute Gasteiger partial charge is 0.510 e. The summed E-state index contributed by atoms with van der Waals surface area (Å²) in [4.78, 5) is 32.0. The van der Waals surface area contributed by atoms with Crippen molar-refractivity contribution in [3.8, 4) is 23.0 Å². The Kier molecular flexibility index (Phi) is 18.4. The average Bonchev–Trinajstić information content (AvgIpc) is 3.54. The Morgan fingerprint density at radius 2 is 0.849 bits per heavy atom. The third-order valence-electron chi connectivity index (χ3n) is 12.8. The van der Waals surface area contributed by atoms with Crippen LogP contribution in [0.15, 0.2) is 107 Å². The first-order valence-electron chi connectivity index (χ1n) is 24.6. The monoisotopic (exact) mass is 1030 g/mol. The number of phenolic OH excluding ortho intramolecular Hbond substituents is 2. The molecule has 0 atom stereocenters. The maximum absolute atomic E-state index is 10.6. The molecule has 1 aliphatic rings. The van der Waals surface area contributed by atoms with E-state index < -0.39 is 12.3 Å². The molecular formula is C62H74N2NiO8. The number of carbonyl (C=O) groups excluding carboxylic acids is 2. The molecule has 6 aromatic carbocycles. The van der Waals surface area contributed by atoms with Gasteiger partial charge in [0.25, 0.3) is 12.3 Å². The molecule has 6 aromatic rings. The van der Waals surface area contributed by atoms with Crippen LogP contribution in [0.1, 0.15) is 178 Å². The first kappa shape index (κ1) is 59.1. The van der Waals surface area contributed by atoms with Crippen molar-refractivity contribution in [1.82, 2.24) is 0 Å². The molecule has 11 heteroatoms. The molecule has 0 radical (unpaired) electrons. The van der Waals surface area contributed by atoms with Crippen LogP contribution in [0.5, 0.6) is 23.0 Å². The van der Waals surface area contributed by atoms with E-state index in [1.54, 1.807) is 12.1 Å². The quantitative estimate of drug-likeness (QED) is 0.0946. The fraction of sp³-hybridized carbons (Fsp3) is 0.387. The van der Waals surface area contributed by atoms with Gasteiger partial charge < -0.3 is 39.5 Å². The number of carbonyl (C=O) groups is 2. The van der Waals surface area contributed by atoms with E-state index in [0.29, 0.717) is 23.0 Å². The molecule has 0 spiro atoms. The van der Waals surface area contributed by atoms with E-state index in [0.717, 1.165) is 33.9 Å². The Morgan fingerprint density at radius 3 is 1.18 bits per heavy atom. The maximum Gasteiger partial charge on any atom is 2.00 e. The molecule has 0 saturated carbocycles. The molecule has 0 saturated heterocycles. The molecule has 0 aliphatic heterocycles. The summed E-state index contributed by atoms with van der Waals surface area (Å²) in [6, 6.07) is 32.9. The van der Waals surface area contributed by atoms with Crippen LogP contribution in [0.25, 0.3) is 10.8 Å². The summed E-state index contributed by atoms with van der Waals surface area (Å²) in [5.41, 5.74) is 13.4. The molecule has 0 amide bonds. The van der Waals surface area contributed by atoms with Gasteiger partial charge in [0.1, 0.15) is 11.5 Å². The number of ether oxygens (including phenoxy) is 2. The van der Waals surface area contributed by atoms with Gasteiger partial charge in [-0.25, -0.2) is 9.98 Å². The van der Waals surface area contributed by atoms with Crippen LogP contribution < -0.4 is 19.7 Å². The van der Waals surface area contributed by atoms with Crippen molar-refractivity contribution >= 4 is 45.9 Å². The van der Waals surface area contributed by atoms with Crippen molar-refractivity contribution in [2.45, 2.75) is 158 Å². The Hall–Kier alpha value is -6.45. The van der Waals surface area contributed by atoms with E-state index in [2.05, 4.69) is 124 Å². The van der Waals surface area contributed by atoms with Crippen molar-refractivity contribution in [3.05, 3.63) is 153 Å². The van der Waals surface area contributed by atoms with Crippen molar-refractivity contribution in [1.29, 1.82) is 0 Å². The third-order valence-corrected chi connectivity index (χ3v) is 12.8. The number of aromatic hydroxyl groups is 2. The summed E-state index contributed by atoms with van der Waals surface area (Å²) in [5, 5.41) is 44.0. The number of hydrogen-bond acceptors (Lipinski definition) is 10. The SMILES string of the molecule is CC(C)(C)c1cc(OC(=O)[O-])c(O)c(C(C)(C)C)c1.CC(C)(C)c1cc(OC(=O)[O-])c(O)c(C(C)(C)C)c1.Cc1cccc(C)c1N=C1C(=Nc2c(C(C)C)cccc2C(C)C)c2cccc3cccc1c23.[Ni+2]. The van der Waals surface area contributed by atoms with Gasteiger partial charge in [0.05, 0.1) is 34.3 Å². The number of carboxylic acid groups (broad SMARTS) is 2. The maximum atomic E-state index is 10.6. The van der Waals surface area contributed by atoms with Crippen molar-refractivity contribution < 1.29 is 56.0 Å². The molecule has 7 rings (SSSR count). The second kappa shape index (κ2) is 22.8. The molecular weight excluding hydrogens is 959 g/mol. The number of para-hydroxylation sites is 2. The molecule has 0 bridgehead atoms. The van der Waals surface area contributed by atoms with Crippen LogP contribution in [-0.2, 0) is 38.2 Å². The van der Waals surface area contributed by atoms with E-state index in [-0.39, 0.29) is 61.1 Å². The van der Waals surface area contributed by atoms with Crippen LogP contribution in [0, 0.1) is 13.8 Å². The van der Waals surface area contributed by atoms with Gasteiger partial charge in [-0.3, -0.25) is 0 Å². The van der Waals surface area contributed by atoms with Gasteiger partial charge in [-0.2, -0.15) is 0 Å². The van der Waals surface area contributed by atoms with Crippen molar-refractivity contribution in [2.75, 3.05) is 0 Å². The van der Waals surface area contributed by atoms with E-state index in [1.807, 2.05) is 95.2 Å². The Morgan fingerprint density at radius 1 is 0.507 bits per heavy atom. The third kappa shape index (κ3) is 14.0. The van der Waals surface area contributed by atoms with Gasteiger partial charge in [0.2, 0.25) is 0 Å². The average molecular weight is 1030 g/mol. The van der Waals surface area contributed by atoms with E-state index in [4.69, 9.17) is 9.98 Å². The normalized spacial score (nSPS) is 13.6. The zero-order chi connectivity index (χ0) is 54.0. The zero-order valence-corrected chi connectivity index (χ0v) is 46.9. The van der Waals surface area contributed by atoms with Crippen molar-refractivity contribution in [3.63, 3.8) is 0 Å². The molecule has 390 valence electrons. The molecule has 2 N–H and O–H groups in total. The number of phenols is 2. The molecule has 0 fully saturated rings. The number of benzene rings is 6. The Labute approximate surface area is 443 Å². The van der Waals surface area contributed by atoms with E-state index in [9.17, 15) is 30.0 Å². The number of aliphatic imine (C=N–C) groups is 2. The number of hydrogen-bond donors (Lipinski definition) is 2. The minimum Gasteiger partial charge on any atom is -0.510 e. The molecule has 10 nitrogen and oxygen atoms in total. The summed E-state index contributed by atoms with van der Waals surface area (Å²) in [7, 11) is 0. The molecule has 0 heterocycles. The largest absolute Gasteiger partial charge is 2.00 e. The fourth-order valence-corrected chi connectivity index (χ4v) is 8.62. The van der Waals surface area contributed by atoms with Gasteiger partial charge in [-0.15, -0.1) is 0 Å². The predicted molar refractivity (Wildman–Crippen MR) is 290 cm³/mol. The summed E-state index contributed by atoms with van der Waals surface area (Å²) < 4.78 is 9.14. The first-order valence-corrected chi connectivity index (χ1v) is 24.6. The molecule has 73 heavy (non-hydrogen) atoms. The number of aryl methyl sites for hydroxylation is 2. The number of nitrogens with zero attached hydrogens (tertiary/aromatic N) is 2. The van der Waals surface area contributed by atoms with Crippen LogP contribution in [-0.4, -0.2) is 33.9 Å². The van der Waals surface area contributed by atoms with Crippen LogP contribution in [0.4, 0.5) is 21.0 Å². The summed E-state index contributed by atoms with van der Waals surface area (Å²) in [6.07, 6.45) is -3.36. The van der Waals surface area contributed by atoms with Gasteiger partial charge >= 0.3 is 16.5 Å². The van der Waals surface area contributed by atoms with Crippen LogP contribution >= 0.6 is 0 Å². The summed E-state index contributed by atoms with van der Waals surface area (Å²) in [5.74, 6) is 0.331. The Balaban J connectivity index is 0.000000255. The second-order valence-electron chi connectivity index (χ2n) is 23.4. The summed E-state index contributed by atoms with van der Waals surface area (Å²) >= 11 is 0. The minimum absolute atomic E-state index is 0. The zero-order valence-electron chi connectivity index (χ0n) is 45.9. The second-order valence-corrected chi connectivity index (χ2v) is 23.4. The topological polar surface area (TPSA) is 164 Å². The predicted octanol–water partition coefficient (Wildman–Crippen LogP) is 14.4. The van der Waals surface area contributed by atoms with Crippen LogP contribution in [0.2, 0.25) is 0 Å². The van der Waals surface area contributed by atoms with Crippen LogP contribution in [0.3, 0.4) is 0 Å². The summed E-state index contributed by atoms with van der Waals surface area (Å²) in [6.45, 7) is 37.0. The van der Waals surface area contributed by atoms with Crippen molar-refractivity contribution in [2.24, 2.45) is 9.98 Å². The van der Waals surface area contributed by atoms with E-state index >= 15 is 0 Å². The standard InChI is InChI=1S/C32H32N2.2C15H22O4.Ni/c1-19(2)24-15-10-16-25(20(3)4)30(24)34-32-27-18-9-14-23-13-8-17-26(28(23)27)31(32)33-29-21(5)11-7-12-22(29)6;2*1-14(2,3)9-7-10(15(4,5)6)12(16)11(8-9)19-13(17)18;/h7-20H,1-6H3;2*7-8,16H,1-6H3,(H,17,18);/q;;;+2/p-2. The molecule has 1 aliphatic carbocycles. The minimum atomic E-state index is -1.68. The van der Waals surface area contributed by atoms with E-state index in [1.165, 1.54) is 44.2 Å². The van der Waals surface area contributed by atoms with Gasteiger partial charge in [0, 0.05) is 27.6 Å². The Bertz CT molecular complexity index is 2920. The fourth-order valence-electron chi connectivity index (χ4n) is 8.62. The molecule has 0 unspecified atom stereocenters. The van der Waals surface area contributed by atoms with Gasteiger partial charge in [-0.05, 0) is 98.2 Å².